The van der Waals surface area contributed by atoms with Crippen LogP contribution in [0.3, 0.4) is 0 Å². The molecule has 0 aliphatic heterocycles. The van der Waals surface area contributed by atoms with Gasteiger partial charge < -0.3 is 14.8 Å². The molecule has 168 valence electrons. The Morgan fingerprint density at radius 3 is 2.64 bits per heavy atom. The summed E-state index contributed by atoms with van der Waals surface area (Å²) in [4.78, 5) is 22.5. The molecule has 0 aliphatic carbocycles. The summed E-state index contributed by atoms with van der Waals surface area (Å²) in [5, 5.41) is 26.1. The number of rotatable bonds is 8. The number of hydrogen-bond donors (Lipinski definition) is 1. The van der Waals surface area contributed by atoms with E-state index in [0.29, 0.717) is 17.4 Å². The quantitative estimate of drug-likeness (QED) is 0.237. The Morgan fingerprint density at radius 2 is 1.94 bits per heavy atom. The van der Waals surface area contributed by atoms with E-state index in [0.717, 1.165) is 17.4 Å². The van der Waals surface area contributed by atoms with Crippen molar-refractivity contribution in [1.29, 1.82) is 0 Å². The Labute approximate surface area is 192 Å². The number of benzene rings is 2. The molecule has 0 atom stereocenters. The zero-order valence-electron chi connectivity index (χ0n) is 17.3. The van der Waals surface area contributed by atoms with Crippen molar-refractivity contribution >= 4 is 28.8 Å². The molecule has 0 unspecified atom stereocenters. The second-order valence-electron chi connectivity index (χ2n) is 6.72. The van der Waals surface area contributed by atoms with Crippen molar-refractivity contribution in [3.05, 3.63) is 75.3 Å². The highest BCUT2D eigenvalue weighted by atomic mass is 35.5. The molecule has 0 fully saturated rings. The van der Waals surface area contributed by atoms with Gasteiger partial charge in [0, 0.05) is 23.8 Å². The summed E-state index contributed by atoms with van der Waals surface area (Å²) in [6.07, 6.45) is 0. The van der Waals surface area contributed by atoms with Crippen LogP contribution in [-0.2, 0) is 0 Å². The minimum atomic E-state index is -0.582. The van der Waals surface area contributed by atoms with Gasteiger partial charge in [-0.1, -0.05) is 11.6 Å². The summed E-state index contributed by atoms with van der Waals surface area (Å²) >= 11 is 5.98. The molecule has 2 aromatic heterocycles. The maximum absolute atomic E-state index is 12.3. The molecular formula is C21H17ClN6O5. The lowest BCUT2D eigenvalue weighted by atomic mass is 10.2. The zero-order valence-corrected chi connectivity index (χ0v) is 18.0. The van der Waals surface area contributed by atoms with E-state index in [9.17, 15) is 14.9 Å². The summed E-state index contributed by atoms with van der Waals surface area (Å²) in [6.45, 7) is 0.300. The molecule has 12 heteroatoms. The number of ether oxygens (including phenoxy) is 2. The van der Waals surface area contributed by atoms with Gasteiger partial charge in [0.1, 0.15) is 12.4 Å². The maximum atomic E-state index is 12.3. The summed E-state index contributed by atoms with van der Waals surface area (Å²) in [5.74, 6) is 1.11. The van der Waals surface area contributed by atoms with Gasteiger partial charge in [-0.15, -0.1) is 15.3 Å². The molecule has 0 saturated carbocycles. The standard InChI is InChI=1S/C21H17ClN6O5/c1-32-15-5-2-13(3-6-15)20-25-24-18-8-9-19(26-27(18)20)33-11-10-23-21(29)16-7-4-14(28(30)31)12-17(16)22/h2-9,12H,10-11H2,1H3,(H,23,29). The fourth-order valence-electron chi connectivity index (χ4n) is 2.99. The number of nitrogens with one attached hydrogen (secondary N) is 1. The van der Waals surface area contributed by atoms with Crippen molar-refractivity contribution in [2.24, 2.45) is 0 Å². The van der Waals surface area contributed by atoms with E-state index < -0.39 is 10.8 Å². The number of carbonyl (C=O) groups excluding carboxylic acids is 1. The number of amides is 1. The van der Waals surface area contributed by atoms with Crippen LogP contribution in [0.15, 0.2) is 54.6 Å². The van der Waals surface area contributed by atoms with E-state index in [1.165, 1.54) is 12.1 Å². The van der Waals surface area contributed by atoms with Gasteiger partial charge in [-0.2, -0.15) is 4.52 Å². The third-order valence-corrected chi connectivity index (χ3v) is 4.94. The lowest BCUT2D eigenvalue weighted by Crippen LogP contribution is -2.28. The van der Waals surface area contributed by atoms with Crippen LogP contribution in [0.1, 0.15) is 10.4 Å². The van der Waals surface area contributed by atoms with E-state index in [4.69, 9.17) is 21.1 Å². The Kier molecular flexibility index (Phi) is 6.31. The van der Waals surface area contributed by atoms with Crippen molar-refractivity contribution in [1.82, 2.24) is 25.1 Å². The van der Waals surface area contributed by atoms with E-state index in [2.05, 4.69) is 20.6 Å². The number of methoxy groups -OCH3 is 1. The summed E-state index contributed by atoms with van der Waals surface area (Å²) in [5.41, 5.74) is 1.30. The average Bonchev–Trinajstić information content (AvgIpc) is 3.25. The fraction of sp³-hybridized carbons (Fsp3) is 0.143. The Hall–Kier alpha value is -4.25. The first-order valence-electron chi connectivity index (χ1n) is 9.68. The van der Waals surface area contributed by atoms with Crippen LogP contribution in [0, 0.1) is 10.1 Å². The number of fused-ring (bicyclic) bond motifs is 1. The van der Waals surface area contributed by atoms with Gasteiger partial charge in [-0.25, -0.2) is 0 Å². The van der Waals surface area contributed by atoms with Crippen LogP contribution in [0.25, 0.3) is 17.0 Å². The molecule has 4 aromatic rings. The Balaban J connectivity index is 1.38. The van der Waals surface area contributed by atoms with E-state index in [1.54, 1.807) is 23.8 Å². The number of aromatic nitrogens is 4. The van der Waals surface area contributed by atoms with Gasteiger partial charge in [-0.3, -0.25) is 14.9 Å². The largest absolute Gasteiger partial charge is 0.497 e. The van der Waals surface area contributed by atoms with Gasteiger partial charge in [0.05, 0.1) is 29.2 Å². The van der Waals surface area contributed by atoms with Gasteiger partial charge in [0.15, 0.2) is 11.5 Å². The molecule has 4 rings (SSSR count). The number of hydrogen-bond acceptors (Lipinski definition) is 8. The Morgan fingerprint density at radius 1 is 1.15 bits per heavy atom. The van der Waals surface area contributed by atoms with Crippen LogP contribution in [0.2, 0.25) is 5.02 Å². The number of halogens is 1. The molecule has 2 aromatic carbocycles. The first-order valence-corrected chi connectivity index (χ1v) is 10.1. The lowest BCUT2D eigenvalue weighted by Gasteiger charge is -2.08. The van der Waals surface area contributed by atoms with Crippen LogP contribution >= 0.6 is 11.6 Å². The smallest absolute Gasteiger partial charge is 0.270 e. The van der Waals surface area contributed by atoms with Crippen molar-refractivity contribution in [3.63, 3.8) is 0 Å². The van der Waals surface area contributed by atoms with Crippen molar-refractivity contribution in [2.45, 2.75) is 0 Å². The number of carbonyl (C=O) groups is 1. The second kappa shape index (κ2) is 9.49. The molecule has 0 bridgehead atoms. The van der Waals surface area contributed by atoms with Gasteiger partial charge in [-0.05, 0) is 36.4 Å². The van der Waals surface area contributed by atoms with E-state index in [-0.39, 0.29) is 29.4 Å². The molecule has 0 aliphatic rings. The SMILES string of the molecule is COc1ccc(-c2nnc3ccc(OCCNC(=O)c4ccc([N+](=O)[O-])cc4Cl)nn23)cc1. The molecule has 0 saturated heterocycles. The molecule has 1 amide bonds. The molecule has 11 nitrogen and oxygen atoms in total. The van der Waals surface area contributed by atoms with Crippen LogP contribution in [0.4, 0.5) is 5.69 Å². The van der Waals surface area contributed by atoms with Crippen LogP contribution < -0.4 is 14.8 Å². The van der Waals surface area contributed by atoms with Gasteiger partial charge in [0.25, 0.3) is 11.6 Å². The summed E-state index contributed by atoms with van der Waals surface area (Å²) in [6, 6.07) is 14.4. The maximum Gasteiger partial charge on any atom is 0.270 e. The third-order valence-electron chi connectivity index (χ3n) is 4.63. The highest BCUT2D eigenvalue weighted by Crippen LogP contribution is 2.23. The van der Waals surface area contributed by atoms with Gasteiger partial charge in [0.2, 0.25) is 5.88 Å². The summed E-state index contributed by atoms with van der Waals surface area (Å²) in [7, 11) is 1.59. The van der Waals surface area contributed by atoms with Crippen LogP contribution in [0.5, 0.6) is 11.6 Å². The number of non-ortho nitro benzene ring substituents is 1. The normalized spacial score (nSPS) is 10.7. The van der Waals surface area contributed by atoms with Crippen molar-refractivity contribution in [2.75, 3.05) is 20.3 Å². The predicted octanol–water partition coefficient (Wildman–Crippen LogP) is 3.17. The first-order chi connectivity index (χ1) is 16.0. The highest BCUT2D eigenvalue weighted by Gasteiger charge is 2.15. The molecule has 1 N–H and O–H groups in total. The number of nitro groups is 1. The van der Waals surface area contributed by atoms with Gasteiger partial charge >= 0.3 is 0 Å². The first kappa shape index (κ1) is 22.0. The molecule has 0 spiro atoms. The molecule has 33 heavy (non-hydrogen) atoms. The van der Waals surface area contributed by atoms with Crippen molar-refractivity contribution < 1.29 is 19.2 Å². The molecule has 2 heterocycles. The molecule has 0 radical (unpaired) electrons. The average molecular weight is 469 g/mol. The zero-order chi connectivity index (χ0) is 23.4. The monoisotopic (exact) mass is 468 g/mol. The topological polar surface area (TPSA) is 134 Å². The second-order valence-corrected chi connectivity index (χ2v) is 7.13. The lowest BCUT2D eigenvalue weighted by molar-refractivity contribution is -0.384. The Bertz CT molecular complexity index is 1320. The third kappa shape index (κ3) is 4.83. The summed E-state index contributed by atoms with van der Waals surface area (Å²) < 4.78 is 12.4. The predicted molar refractivity (Wildman–Crippen MR) is 119 cm³/mol. The minimum absolute atomic E-state index is 0.00611. The number of nitrogens with zero attached hydrogens (tertiary/aromatic N) is 5. The number of nitro benzene ring substituents is 1. The minimum Gasteiger partial charge on any atom is -0.497 e. The van der Waals surface area contributed by atoms with E-state index in [1.807, 2.05) is 24.3 Å². The fourth-order valence-corrected chi connectivity index (χ4v) is 3.25. The highest BCUT2D eigenvalue weighted by molar-refractivity contribution is 6.34. The van der Waals surface area contributed by atoms with E-state index >= 15 is 0 Å². The molecular weight excluding hydrogens is 452 g/mol. The van der Waals surface area contributed by atoms with Crippen LogP contribution in [-0.4, -0.2) is 50.9 Å². The van der Waals surface area contributed by atoms with Crippen molar-refractivity contribution in [3.8, 4) is 23.0 Å².